The molecule has 2 rings (SSSR count). The highest BCUT2D eigenvalue weighted by Gasteiger charge is 2.34. The van der Waals surface area contributed by atoms with E-state index in [0.29, 0.717) is 11.3 Å². The molecule has 0 spiro atoms. The molecule has 2 heterocycles. The summed E-state index contributed by atoms with van der Waals surface area (Å²) in [7, 11) is 0. The molecular formula is C9H6F3N3OS. The number of aromatic amines is 1. The fourth-order valence-corrected chi connectivity index (χ4v) is 2.07. The van der Waals surface area contributed by atoms with Gasteiger partial charge in [-0.2, -0.15) is 13.2 Å². The quantitative estimate of drug-likeness (QED) is 0.856. The van der Waals surface area contributed by atoms with Crippen molar-refractivity contribution in [3.63, 3.8) is 0 Å². The zero-order valence-corrected chi connectivity index (χ0v) is 9.32. The molecule has 0 amide bonds. The van der Waals surface area contributed by atoms with Crippen LogP contribution in [0.25, 0.3) is 10.6 Å². The fourth-order valence-electron chi connectivity index (χ4n) is 1.23. The first kappa shape index (κ1) is 11.8. The number of thiazole rings is 1. The van der Waals surface area contributed by atoms with Crippen LogP contribution in [0.15, 0.2) is 17.3 Å². The molecule has 0 aromatic carbocycles. The number of aromatic nitrogens is 3. The van der Waals surface area contributed by atoms with Gasteiger partial charge in [0.1, 0.15) is 0 Å². The van der Waals surface area contributed by atoms with Crippen molar-refractivity contribution >= 4 is 11.3 Å². The average molecular weight is 261 g/mol. The van der Waals surface area contributed by atoms with Crippen molar-refractivity contribution in [2.24, 2.45) is 0 Å². The average Bonchev–Trinajstić information content (AvgIpc) is 2.70. The van der Waals surface area contributed by atoms with Crippen molar-refractivity contribution in [1.29, 1.82) is 0 Å². The topological polar surface area (TPSA) is 58.6 Å². The molecule has 90 valence electrons. The molecule has 8 heteroatoms. The second-order valence-electron chi connectivity index (χ2n) is 3.23. The fraction of sp³-hybridized carbons (Fsp3) is 0.222. The number of nitrogens with one attached hydrogen (secondary N) is 1. The van der Waals surface area contributed by atoms with Crippen LogP contribution in [0.2, 0.25) is 0 Å². The summed E-state index contributed by atoms with van der Waals surface area (Å²) in [5, 5.41) is -0.950. The van der Waals surface area contributed by atoms with E-state index < -0.39 is 11.2 Å². The van der Waals surface area contributed by atoms with Crippen molar-refractivity contribution in [2.45, 2.75) is 13.1 Å². The molecule has 0 aliphatic carbocycles. The summed E-state index contributed by atoms with van der Waals surface area (Å²) < 4.78 is 37.1. The van der Waals surface area contributed by atoms with E-state index in [0.717, 1.165) is 12.5 Å². The molecule has 0 unspecified atom stereocenters. The summed E-state index contributed by atoms with van der Waals surface area (Å²) >= 11 is 0.464. The lowest BCUT2D eigenvalue weighted by atomic mass is 10.2. The van der Waals surface area contributed by atoms with Gasteiger partial charge in [-0.25, -0.2) is 9.97 Å². The molecule has 0 atom stereocenters. The second kappa shape index (κ2) is 3.95. The predicted molar refractivity (Wildman–Crippen MR) is 55.7 cm³/mol. The Morgan fingerprint density at radius 3 is 2.65 bits per heavy atom. The molecule has 0 fully saturated rings. The Morgan fingerprint density at radius 1 is 1.35 bits per heavy atom. The van der Waals surface area contributed by atoms with Gasteiger partial charge in [0.15, 0.2) is 5.01 Å². The standard InChI is InChI=1S/C9H6F3N3OS/c1-4-6(14-3-15-7(4)16)5-2-13-8(17-5)9(10,11)12/h2-3H,1H3,(H,14,15,16). The molecule has 2 aromatic rings. The third-order valence-corrected chi connectivity index (χ3v) is 3.12. The van der Waals surface area contributed by atoms with Crippen LogP contribution in [0.3, 0.4) is 0 Å². The highest BCUT2D eigenvalue weighted by Crippen LogP contribution is 2.35. The molecular weight excluding hydrogens is 255 g/mol. The number of alkyl halides is 3. The van der Waals surface area contributed by atoms with Crippen LogP contribution in [-0.2, 0) is 6.18 Å². The normalized spacial score (nSPS) is 11.8. The largest absolute Gasteiger partial charge is 0.443 e. The highest BCUT2D eigenvalue weighted by molar-refractivity contribution is 7.15. The Hall–Kier alpha value is -1.70. The Morgan fingerprint density at radius 2 is 2.06 bits per heavy atom. The molecule has 0 bridgehead atoms. The number of hydrogen-bond acceptors (Lipinski definition) is 4. The van der Waals surface area contributed by atoms with Gasteiger partial charge < -0.3 is 4.98 Å². The van der Waals surface area contributed by atoms with E-state index in [2.05, 4.69) is 15.0 Å². The number of nitrogens with zero attached hydrogens (tertiary/aromatic N) is 2. The summed E-state index contributed by atoms with van der Waals surface area (Å²) in [5.74, 6) is 0. The third kappa shape index (κ3) is 2.21. The first-order chi connectivity index (χ1) is 7.89. The molecule has 0 saturated carbocycles. The van der Waals surface area contributed by atoms with Gasteiger partial charge in [-0.3, -0.25) is 4.79 Å². The van der Waals surface area contributed by atoms with Crippen LogP contribution < -0.4 is 5.56 Å². The number of halogens is 3. The SMILES string of the molecule is Cc1c(-c2cnc(C(F)(F)F)s2)nc[nH]c1=O. The van der Waals surface area contributed by atoms with Gasteiger partial charge in [0.25, 0.3) is 5.56 Å². The van der Waals surface area contributed by atoms with Crippen LogP contribution in [0, 0.1) is 6.92 Å². The summed E-state index contributed by atoms with van der Waals surface area (Å²) in [6.07, 6.45) is -2.25. The van der Waals surface area contributed by atoms with Gasteiger partial charge in [0.05, 0.1) is 16.9 Å². The van der Waals surface area contributed by atoms with Crippen molar-refractivity contribution in [3.8, 4) is 10.6 Å². The molecule has 2 aromatic heterocycles. The minimum Gasteiger partial charge on any atom is -0.313 e. The minimum atomic E-state index is -4.47. The van der Waals surface area contributed by atoms with Gasteiger partial charge in [0.2, 0.25) is 0 Å². The first-order valence-corrected chi connectivity index (χ1v) is 5.29. The molecule has 0 saturated heterocycles. The van der Waals surface area contributed by atoms with Gasteiger partial charge >= 0.3 is 6.18 Å². The maximum absolute atomic E-state index is 12.4. The Balaban J connectivity index is 2.52. The van der Waals surface area contributed by atoms with Crippen LogP contribution >= 0.6 is 11.3 Å². The first-order valence-electron chi connectivity index (χ1n) is 4.47. The van der Waals surface area contributed by atoms with Crippen molar-refractivity contribution in [2.75, 3.05) is 0 Å². The summed E-state index contributed by atoms with van der Waals surface area (Å²) in [4.78, 5) is 21.0. The zero-order chi connectivity index (χ0) is 12.6. The summed E-state index contributed by atoms with van der Waals surface area (Å²) in [5.41, 5.74) is 0.114. The van der Waals surface area contributed by atoms with Gasteiger partial charge in [-0.15, -0.1) is 11.3 Å². The number of hydrogen-bond donors (Lipinski definition) is 1. The van der Waals surface area contributed by atoms with Crippen molar-refractivity contribution in [3.05, 3.63) is 33.4 Å². The lowest BCUT2D eigenvalue weighted by molar-refractivity contribution is -0.137. The van der Waals surface area contributed by atoms with E-state index in [1.165, 1.54) is 6.92 Å². The van der Waals surface area contributed by atoms with Crippen LogP contribution in [0.1, 0.15) is 10.6 Å². The summed E-state index contributed by atoms with van der Waals surface area (Å²) in [6, 6.07) is 0. The van der Waals surface area contributed by atoms with E-state index >= 15 is 0 Å². The van der Waals surface area contributed by atoms with Crippen LogP contribution in [0.5, 0.6) is 0 Å². The van der Waals surface area contributed by atoms with E-state index in [4.69, 9.17) is 0 Å². The zero-order valence-electron chi connectivity index (χ0n) is 8.50. The Kier molecular flexibility index (Phi) is 2.74. The van der Waals surface area contributed by atoms with Gasteiger partial charge in [-0.05, 0) is 6.92 Å². The lowest BCUT2D eigenvalue weighted by Crippen LogP contribution is -2.10. The molecule has 0 radical (unpaired) electrons. The summed E-state index contributed by atoms with van der Waals surface area (Å²) in [6.45, 7) is 1.49. The number of rotatable bonds is 1. The third-order valence-electron chi connectivity index (χ3n) is 2.07. The van der Waals surface area contributed by atoms with E-state index in [9.17, 15) is 18.0 Å². The van der Waals surface area contributed by atoms with Crippen molar-refractivity contribution < 1.29 is 13.2 Å². The Labute approximate surface area is 97.2 Å². The predicted octanol–water partition coefficient (Wildman–Crippen LogP) is 2.22. The van der Waals surface area contributed by atoms with Gasteiger partial charge in [0, 0.05) is 11.8 Å². The lowest BCUT2D eigenvalue weighted by Gasteiger charge is -2.00. The highest BCUT2D eigenvalue weighted by atomic mass is 32.1. The second-order valence-corrected chi connectivity index (χ2v) is 4.26. The molecule has 1 N–H and O–H groups in total. The van der Waals surface area contributed by atoms with Crippen LogP contribution in [0.4, 0.5) is 13.2 Å². The van der Waals surface area contributed by atoms with E-state index in [1.807, 2.05) is 0 Å². The molecule has 4 nitrogen and oxygen atoms in total. The molecule has 17 heavy (non-hydrogen) atoms. The van der Waals surface area contributed by atoms with Crippen LogP contribution in [-0.4, -0.2) is 15.0 Å². The van der Waals surface area contributed by atoms with Crippen molar-refractivity contribution in [1.82, 2.24) is 15.0 Å². The number of H-pyrrole nitrogens is 1. The maximum atomic E-state index is 12.4. The minimum absolute atomic E-state index is 0.223. The Bertz CT molecular complexity index is 602. The smallest absolute Gasteiger partial charge is 0.313 e. The molecule has 0 aliphatic heterocycles. The maximum Gasteiger partial charge on any atom is 0.443 e. The molecule has 0 aliphatic rings. The monoisotopic (exact) mass is 261 g/mol. The van der Waals surface area contributed by atoms with E-state index in [-0.39, 0.29) is 21.7 Å². The van der Waals surface area contributed by atoms with Gasteiger partial charge in [-0.1, -0.05) is 0 Å². The van der Waals surface area contributed by atoms with E-state index in [1.54, 1.807) is 0 Å².